The highest BCUT2D eigenvalue weighted by Crippen LogP contribution is 2.23. The molecule has 1 amide bonds. The predicted octanol–water partition coefficient (Wildman–Crippen LogP) is 2.30. The molecule has 0 heterocycles. The molecule has 5 nitrogen and oxygen atoms in total. The van der Waals surface area contributed by atoms with Crippen molar-refractivity contribution in [1.29, 1.82) is 0 Å². The molecular weight excluding hydrogens is 275 g/mol. The van der Waals surface area contributed by atoms with Crippen LogP contribution in [0.25, 0.3) is 0 Å². The van der Waals surface area contributed by atoms with Crippen molar-refractivity contribution in [3.63, 3.8) is 0 Å². The van der Waals surface area contributed by atoms with Crippen molar-refractivity contribution in [2.75, 3.05) is 7.11 Å². The first-order chi connectivity index (χ1) is 10.1. The quantitative estimate of drug-likeness (QED) is 0.670. The fourth-order valence-electron chi connectivity index (χ4n) is 1.60. The van der Waals surface area contributed by atoms with Crippen LogP contribution in [0.1, 0.15) is 15.9 Å². The largest absolute Gasteiger partial charge is 0.507 e. The maximum Gasteiger partial charge on any atom is 0.275 e. The fourth-order valence-corrected chi connectivity index (χ4v) is 1.60. The van der Waals surface area contributed by atoms with Crippen molar-refractivity contribution in [1.82, 2.24) is 5.43 Å². The highest BCUT2D eigenvalue weighted by molar-refractivity contribution is 5.97. The van der Waals surface area contributed by atoms with E-state index < -0.39 is 5.91 Å². The summed E-state index contributed by atoms with van der Waals surface area (Å²) in [6.07, 6.45) is 1.37. The second kappa shape index (κ2) is 6.51. The Morgan fingerprint density at radius 3 is 2.62 bits per heavy atom. The minimum absolute atomic E-state index is 0.0760. The SMILES string of the molecule is COc1ccc(C(=O)N/N=C\c2ccc(F)cc2)c(O)c1. The van der Waals surface area contributed by atoms with Crippen molar-refractivity contribution < 1.29 is 19.0 Å². The average Bonchev–Trinajstić information content (AvgIpc) is 2.49. The lowest BCUT2D eigenvalue weighted by atomic mass is 10.2. The molecule has 0 radical (unpaired) electrons. The standard InChI is InChI=1S/C15H13FN2O3/c1-21-12-6-7-13(14(19)8-12)15(20)18-17-9-10-2-4-11(16)5-3-10/h2-9,19H,1H3,(H,18,20)/b17-9-. The van der Waals surface area contributed by atoms with Gasteiger partial charge in [-0.05, 0) is 29.8 Å². The lowest BCUT2D eigenvalue weighted by Gasteiger charge is -2.05. The van der Waals surface area contributed by atoms with Gasteiger partial charge in [0.15, 0.2) is 0 Å². The molecule has 0 fully saturated rings. The lowest BCUT2D eigenvalue weighted by Crippen LogP contribution is -2.17. The number of amides is 1. The number of phenolic OH excluding ortho intramolecular Hbond substituents is 1. The second-order valence-corrected chi connectivity index (χ2v) is 4.13. The third kappa shape index (κ3) is 3.79. The third-order valence-electron chi connectivity index (χ3n) is 2.70. The monoisotopic (exact) mass is 288 g/mol. The molecule has 0 bridgehead atoms. The predicted molar refractivity (Wildman–Crippen MR) is 76.1 cm³/mol. The summed E-state index contributed by atoms with van der Waals surface area (Å²) in [5.74, 6) is -0.671. The number of rotatable bonds is 4. The average molecular weight is 288 g/mol. The van der Waals surface area contributed by atoms with Gasteiger partial charge in [-0.15, -0.1) is 0 Å². The lowest BCUT2D eigenvalue weighted by molar-refractivity contribution is 0.0952. The number of ether oxygens (including phenoxy) is 1. The van der Waals surface area contributed by atoms with E-state index in [0.717, 1.165) is 0 Å². The Balaban J connectivity index is 2.03. The number of hydrogen-bond acceptors (Lipinski definition) is 4. The van der Waals surface area contributed by atoms with Crippen LogP contribution in [-0.4, -0.2) is 24.3 Å². The molecule has 0 spiro atoms. The summed E-state index contributed by atoms with van der Waals surface area (Å²) in [4.78, 5) is 11.8. The summed E-state index contributed by atoms with van der Waals surface area (Å²) in [6.45, 7) is 0. The zero-order valence-corrected chi connectivity index (χ0v) is 11.2. The molecular formula is C15H13FN2O3. The molecule has 0 unspecified atom stereocenters. The molecule has 2 rings (SSSR count). The molecule has 2 N–H and O–H groups in total. The van der Waals surface area contributed by atoms with Crippen LogP contribution in [-0.2, 0) is 0 Å². The van der Waals surface area contributed by atoms with Gasteiger partial charge in [0.25, 0.3) is 5.91 Å². The van der Waals surface area contributed by atoms with Gasteiger partial charge in [0.2, 0.25) is 0 Å². The summed E-state index contributed by atoms with van der Waals surface area (Å²) in [5, 5.41) is 13.4. The number of phenols is 1. The van der Waals surface area contributed by atoms with Crippen LogP contribution >= 0.6 is 0 Å². The Labute approximate surface area is 120 Å². The van der Waals surface area contributed by atoms with E-state index in [1.165, 1.54) is 49.7 Å². The molecule has 0 saturated heterocycles. The van der Waals surface area contributed by atoms with Crippen LogP contribution in [0.3, 0.4) is 0 Å². The molecule has 0 atom stereocenters. The zero-order chi connectivity index (χ0) is 15.2. The van der Waals surface area contributed by atoms with Crippen molar-refractivity contribution >= 4 is 12.1 Å². The fraction of sp³-hybridized carbons (Fsp3) is 0.0667. The van der Waals surface area contributed by atoms with Crippen LogP contribution in [0, 0.1) is 5.82 Å². The number of halogens is 1. The maximum atomic E-state index is 12.7. The van der Waals surface area contributed by atoms with E-state index in [9.17, 15) is 14.3 Å². The Hall–Kier alpha value is -2.89. The maximum absolute atomic E-state index is 12.7. The zero-order valence-electron chi connectivity index (χ0n) is 11.2. The van der Waals surface area contributed by atoms with Gasteiger partial charge in [0.05, 0.1) is 18.9 Å². The van der Waals surface area contributed by atoms with Crippen LogP contribution in [0.15, 0.2) is 47.6 Å². The van der Waals surface area contributed by atoms with Crippen LogP contribution in [0.2, 0.25) is 0 Å². The van der Waals surface area contributed by atoms with Gasteiger partial charge in [-0.1, -0.05) is 12.1 Å². The molecule has 0 aromatic heterocycles. The number of benzene rings is 2. The first-order valence-electron chi connectivity index (χ1n) is 6.06. The summed E-state index contributed by atoms with van der Waals surface area (Å²) in [6, 6.07) is 9.94. The molecule has 0 saturated carbocycles. The van der Waals surface area contributed by atoms with Gasteiger partial charge in [0.1, 0.15) is 17.3 Å². The molecule has 6 heteroatoms. The summed E-state index contributed by atoms with van der Waals surface area (Å²) >= 11 is 0. The molecule has 2 aromatic rings. The topological polar surface area (TPSA) is 70.9 Å². The van der Waals surface area contributed by atoms with Crippen molar-refractivity contribution in [2.24, 2.45) is 5.10 Å². The number of hydrazone groups is 1. The highest BCUT2D eigenvalue weighted by atomic mass is 19.1. The number of carbonyl (C=O) groups is 1. The minimum Gasteiger partial charge on any atom is -0.507 e. The van der Waals surface area contributed by atoms with Gasteiger partial charge >= 0.3 is 0 Å². The number of nitrogens with one attached hydrogen (secondary N) is 1. The second-order valence-electron chi connectivity index (χ2n) is 4.13. The summed E-state index contributed by atoms with van der Waals surface area (Å²) < 4.78 is 17.6. The van der Waals surface area contributed by atoms with Gasteiger partial charge in [-0.25, -0.2) is 9.82 Å². The van der Waals surface area contributed by atoms with E-state index in [0.29, 0.717) is 11.3 Å². The normalized spacial score (nSPS) is 10.6. The number of methoxy groups -OCH3 is 1. The smallest absolute Gasteiger partial charge is 0.275 e. The number of nitrogens with zero attached hydrogens (tertiary/aromatic N) is 1. The van der Waals surface area contributed by atoms with E-state index >= 15 is 0 Å². The Bertz CT molecular complexity index is 669. The number of hydrogen-bond donors (Lipinski definition) is 2. The number of aromatic hydroxyl groups is 1. The summed E-state index contributed by atoms with van der Waals surface area (Å²) in [5.41, 5.74) is 2.99. The molecule has 0 aliphatic carbocycles. The molecule has 0 aliphatic heterocycles. The minimum atomic E-state index is -0.562. The van der Waals surface area contributed by atoms with Crippen molar-refractivity contribution in [2.45, 2.75) is 0 Å². The van der Waals surface area contributed by atoms with E-state index in [1.54, 1.807) is 6.07 Å². The van der Waals surface area contributed by atoms with E-state index in [-0.39, 0.29) is 17.1 Å². The molecule has 0 aliphatic rings. The molecule has 108 valence electrons. The van der Waals surface area contributed by atoms with Crippen molar-refractivity contribution in [3.05, 3.63) is 59.4 Å². The van der Waals surface area contributed by atoms with Crippen LogP contribution in [0.5, 0.6) is 11.5 Å². The van der Waals surface area contributed by atoms with Crippen LogP contribution < -0.4 is 10.2 Å². The third-order valence-corrected chi connectivity index (χ3v) is 2.70. The van der Waals surface area contributed by atoms with E-state index in [2.05, 4.69) is 10.5 Å². The van der Waals surface area contributed by atoms with E-state index in [1.807, 2.05) is 0 Å². The highest BCUT2D eigenvalue weighted by Gasteiger charge is 2.10. The Morgan fingerprint density at radius 1 is 1.29 bits per heavy atom. The first-order valence-corrected chi connectivity index (χ1v) is 6.06. The van der Waals surface area contributed by atoms with Gasteiger partial charge in [-0.3, -0.25) is 4.79 Å². The molecule has 21 heavy (non-hydrogen) atoms. The van der Waals surface area contributed by atoms with Gasteiger partial charge < -0.3 is 9.84 Å². The summed E-state index contributed by atoms with van der Waals surface area (Å²) in [7, 11) is 1.46. The Kier molecular flexibility index (Phi) is 4.50. The van der Waals surface area contributed by atoms with Gasteiger partial charge in [-0.2, -0.15) is 5.10 Å². The van der Waals surface area contributed by atoms with E-state index in [4.69, 9.17) is 4.74 Å². The molecule has 2 aromatic carbocycles. The number of carbonyl (C=O) groups excluding carboxylic acids is 1. The Morgan fingerprint density at radius 2 is 2.00 bits per heavy atom. The van der Waals surface area contributed by atoms with Crippen LogP contribution in [0.4, 0.5) is 4.39 Å². The van der Waals surface area contributed by atoms with Gasteiger partial charge in [0, 0.05) is 6.07 Å². The van der Waals surface area contributed by atoms with Crippen molar-refractivity contribution in [3.8, 4) is 11.5 Å². The first kappa shape index (κ1) is 14.5.